The summed E-state index contributed by atoms with van der Waals surface area (Å²) in [4.78, 5) is 21.1. The second-order valence-corrected chi connectivity index (χ2v) is 6.69. The quantitative estimate of drug-likeness (QED) is 0.745. The number of halogens is 1. The van der Waals surface area contributed by atoms with E-state index in [1.165, 1.54) is 12.1 Å². The Morgan fingerprint density at radius 1 is 1.22 bits per heavy atom. The summed E-state index contributed by atoms with van der Waals surface area (Å²) in [6.07, 6.45) is 1.66. The molecule has 27 heavy (non-hydrogen) atoms. The number of fused-ring (bicyclic) bond motifs is 1. The van der Waals surface area contributed by atoms with Crippen LogP contribution in [0.15, 0.2) is 30.5 Å². The minimum absolute atomic E-state index is 0.0594. The van der Waals surface area contributed by atoms with Gasteiger partial charge in [0, 0.05) is 36.2 Å². The van der Waals surface area contributed by atoms with E-state index in [2.05, 4.69) is 20.6 Å². The minimum Gasteiger partial charge on any atom is -0.349 e. The van der Waals surface area contributed by atoms with Crippen molar-refractivity contribution in [3.05, 3.63) is 58.8 Å². The number of aryl methyl sites for hydroxylation is 1. The van der Waals surface area contributed by atoms with Gasteiger partial charge in [-0.1, -0.05) is 6.07 Å². The van der Waals surface area contributed by atoms with Crippen LogP contribution in [0.5, 0.6) is 0 Å². The van der Waals surface area contributed by atoms with Gasteiger partial charge in [0.15, 0.2) is 0 Å². The average molecular weight is 365 g/mol. The zero-order valence-corrected chi connectivity index (χ0v) is 15.4. The van der Waals surface area contributed by atoms with Gasteiger partial charge in [-0.3, -0.25) is 4.79 Å². The van der Waals surface area contributed by atoms with E-state index in [4.69, 9.17) is 0 Å². The van der Waals surface area contributed by atoms with Crippen molar-refractivity contribution in [1.29, 1.82) is 0 Å². The average Bonchev–Trinajstić information content (AvgIpc) is 2.90. The first-order valence-corrected chi connectivity index (χ1v) is 8.80. The van der Waals surface area contributed by atoms with Crippen molar-refractivity contribution in [2.75, 3.05) is 11.9 Å². The highest BCUT2D eigenvalue weighted by Gasteiger charge is 2.26. The Morgan fingerprint density at radius 2 is 2.04 bits per heavy atom. The van der Waals surface area contributed by atoms with Crippen LogP contribution < -0.4 is 10.6 Å². The third kappa shape index (κ3) is 2.95. The molecule has 3 aromatic rings. The number of hydrogen-bond acceptors (Lipinski definition) is 4. The Morgan fingerprint density at radius 3 is 2.81 bits per heavy atom. The highest BCUT2D eigenvalue weighted by molar-refractivity contribution is 5.97. The molecule has 138 valence electrons. The first-order valence-electron chi connectivity index (χ1n) is 8.80. The number of rotatable bonds is 3. The smallest absolute Gasteiger partial charge is 0.268 e. The third-order valence-electron chi connectivity index (χ3n) is 4.96. The van der Waals surface area contributed by atoms with Crippen molar-refractivity contribution in [1.82, 2.24) is 19.9 Å². The summed E-state index contributed by atoms with van der Waals surface area (Å²) < 4.78 is 15.6. The molecule has 7 heteroatoms. The van der Waals surface area contributed by atoms with Gasteiger partial charge in [0.1, 0.15) is 11.5 Å². The lowest BCUT2D eigenvalue weighted by atomic mass is 10.1. The maximum Gasteiger partial charge on any atom is 0.268 e. The summed E-state index contributed by atoms with van der Waals surface area (Å²) in [5.74, 6) is 0.00146. The lowest BCUT2D eigenvalue weighted by Crippen LogP contribution is -2.35. The molecule has 0 radical (unpaired) electrons. The lowest BCUT2D eigenvalue weighted by Gasteiger charge is -2.17. The van der Waals surface area contributed by atoms with Gasteiger partial charge >= 0.3 is 0 Å². The number of benzene rings is 1. The summed E-state index contributed by atoms with van der Waals surface area (Å²) in [6.45, 7) is 7.18. The van der Waals surface area contributed by atoms with E-state index < -0.39 is 0 Å². The second-order valence-electron chi connectivity index (χ2n) is 6.69. The van der Waals surface area contributed by atoms with Gasteiger partial charge in [-0.25, -0.2) is 14.4 Å². The molecule has 0 spiro atoms. The molecule has 0 saturated carbocycles. The van der Waals surface area contributed by atoms with E-state index in [0.717, 1.165) is 34.6 Å². The third-order valence-corrected chi connectivity index (χ3v) is 4.96. The van der Waals surface area contributed by atoms with Gasteiger partial charge in [-0.15, -0.1) is 0 Å². The zero-order valence-electron chi connectivity index (χ0n) is 15.4. The van der Waals surface area contributed by atoms with Crippen molar-refractivity contribution < 1.29 is 9.18 Å². The molecule has 2 N–H and O–H groups in total. The summed E-state index contributed by atoms with van der Waals surface area (Å²) in [5, 5.41) is 5.97. The molecule has 3 heterocycles. The molecule has 1 amide bonds. The number of carbonyl (C=O) groups is 1. The molecule has 0 fully saturated rings. The Kier molecular flexibility index (Phi) is 4.14. The van der Waals surface area contributed by atoms with E-state index in [1.54, 1.807) is 12.3 Å². The summed E-state index contributed by atoms with van der Waals surface area (Å²) >= 11 is 0. The van der Waals surface area contributed by atoms with E-state index in [-0.39, 0.29) is 11.7 Å². The van der Waals surface area contributed by atoms with Gasteiger partial charge in [0.2, 0.25) is 5.95 Å². The highest BCUT2D eigenvalue weighted by Crippen LogP contribution is 2.32. The molecule has 6 nitrogen and oxygen atoms in total. The van der Waals surface area contributed by atoms with Gasteiger partial charge in [0.05, 0.1) is 5.69 Å². The molecule has 0 atom stereocenters. The van der Waals surface area contributed by atoms with Crippen LogP contribution in [0.25, 0.3) is 11.3 Å². The predicted molar refractivity (Wildman–Crippen MR) is 102 cm³/mol. The van der Waals surface area contributed by atoms with Crippen LogP contribution in [0.3, 0.4) is 0 Å². The molecule has 4 rings (SSSR count). The van der Waals surface area contributed by atoms with Crippen molar-refractivity contribution in [2.24, 2.45) is 0 Å². The number of aromatic nitrogens is 3. The molecule has 0 bridgehead atoms. The van der Waals surface area contributed by atoms with Crippen LogP contribution in [0.4, 0.5) is 16.0 Å². The second kappa shape index (κ2) is 6.50. The zero-order chi connectivity index (χ0) is 19.1. The standard InChI is InChI=1S/C20H20FN5O/c1-11-4-5-14(21)10-16(11)25-20-23-7-6-15(24-20)17-12(2)18-19(27)22-8-9-26(18)13(17)3/h4-7,10H,8-9H2,1-3H3,(H,22,27)(H,23,24,25). The summed E-state index contributed by atoms with van der Waals surface area (Å²) in [5.41, 5.74) is 5.77. The SMILES string of the molecule is Cc1ccc(F)cc1Nc1nccc(-c2c(C)c3n(c2C)CCNC3=O)n1. The van der Waals surface area contributed by atoms with Gasteiger partial charge in [-0.2, -0.15) is 0 Å². The topological polar surface area (TPSA) is 71.8 Å². The number of carbonyl (C=O) groups excluding carboxylic acids is 1. The van der Waals surface area contributed by atoms with Gasteiger partial charge < -0.3 is 15.2 Å². The van der Waals surface area contributed by atoms with E-state index in [0.29, 0.717) is 23.9 Å². The maximum atomic E-state index is 13.5. The normalized spacial score (nSPS) is 13.3. The maximum absolute atomic E-state index is 13.5. The molecule has 1 aliphatic rings. The largest absolute Gasteiger partial charge is 0.349 e. The van der Waals surface area contributed by atoms with E-state index >= 15 is 0 Å². The van der Waals surface area contributed by atoms with Crippen LogP contribution in [0, 0.1) is 26.6 Å². The molecular weight excluding hydrogens is 345 g/mol. The number of nitrogens with one attached hydrogen (secondary N) is 2. The van der Waals surface area contributed by atoms with Crippen LogP contribution >= 0.6 is 0 Å². The highest BCUT2D eigenvalue weighted by atomic mass is 19.1. The summed E-state index contributed by atoms with van der Waals surface area (Å²) in [6, 6.07) is 6.36. The van der Waals surface area contributed by atoms with Crippen LogP contribution in [-0.4, -0.2) is 27.0 Å². The molecule has 1 aliphatic heterocycles. The molecule has 1 aromatic carbocycles. The molecule has 0 saturated heterocycles. The molecule has 2 aromatic heterocycles. The fraction of sp³-hybridized carbons (Fsp3) is 0.250. The van der Waals surface area contributed by atoms with Crippen LogP contribution in [0.2, 0.25) is 0 Å². The van der Waals surface area contributed by atoms with Crippen LogP contribution in [-0.2, 0) is 6.54 Å². The fourth-order valence-electron chi connectivity index (χ4n) is 3.62. The Balaban J connectivity index is 1.76. The van der Waals surface area contributed by atoms with E-state index in [1.807, 2.05) is 31.4 Å². The predicted octanol–water partition coefficient (Wildman–Crippen LogP) is 3.50. The lowest BCUT2D eigenvalue weighted by molar-refractivity contribution is 0.0926. The Labute approximate surface area is 156 Å². The monoisotopic (exact) mass is 365 g/mol. The Bertz CT molecular complexity index is 1060. The number of hydrogen-bond donors (Lipinski definition) is 2. The molecule has 0 unspecified atom stereocenters. The molecule has 0 aliphatic carbocycles. The van der Waals surface area contributed by atoms with E-state index in [9.17, 15) is 9.18 Å². The first kappa shape index (κ1) is 17.2. The first-order chi connectivity index (χ1) is 13.0. The van der Waals surface area contributed by atoms with Gasteiger partial charge in [-0.05, 0) is 50.1 Å². The summed E-state index contributed by atoms with van der Waals surface area (Å²) in [7, 11) is 0. The number of amides is 1. The minimum atomic E-state index is -0.322. The van der Waals surface area contributed by atoms with Crippen molar-refractivity contribution >= 4 is 17.5 Å². The fourth-order valence-corrected chi connectivity index (χ4v) is 3.62. The number of anilines is 2. The van der Waals surface area contributed by atoms with Crippen LogP contribution in [0.1, 0.15) is 27.3 Å². The van der Waals surface area contributed by atoms with Gasteiger partial charge in [0.25, 0.3) is 5.91 Å². The van der Waals surface area contributed by atoms with Crippen molar-refractivity contribution in [3.63, 3.8) is 0 Å². The molecular formula is C20H20FN5O. The number of nitrogens with zero attached hydrogens (tertiary/aromatic N) is 3. The Hall–Kier alpha value is -3.22. The van der Waals surface area contributed by atoms with Crippen molar-refractivity contribution in [3.8, 4) is 11.3 Å². The van der Waals surface area contributed by atoms with Crippen molar-refractivity contribution in [2.45, 2.75) is 27.3 Å².